The molecule has 20 heavy (non-hydrogen) atoms. The first-order chi connectivity index (χ1) is 9.81. The van der Waals surface area contributed by atoms with Gasteiger partial charge in [0.25, 0.3) is 0 Å². The van der Waals surface area contributed by atoms with Gasteiger partial charge in [0.15, 0.2) is 5.82 Å². The van der Waals surface area contributed by atoms with E-state index in [2.05, 4.69) is 21.9 Å². The van der Waals surface area contributed by atoms with Crippen LogP contribution in [0.25, 0.3) is 11.4 Å². The molecule has 0 aliphatic carbocycles. The monoisotopic (exact) mass is 275 g/mol. The van der Waals surface area contributed by atoms with E-state index in [0.717, 1.165) is 13.0 Å². The summed E-state index contributed by atoms with van der Waals surface area (Å²) in [5.41, 5.74) is 0.544. The lowest BCUT2D eigenvalue weighted by Crippen LogP contribution is -2.07. The Bertz CT molecular complexity index is 534. The van der Waals surface area contributed by atoms with Gasteiger partial charge < -0.3 is 14.6 Å². The first-order valence-electron chi connectivity index (χ1n) is 6.47. The lowest BCUT2D eigenvalue weighted by atomic mass is 10.2. The molecular weight excluding hydrogens is 258 g/mol. The predicted octanol–water partition coefficient (Wildman–Crippen LogP) is 2.05. The molecule has 106 valence electrons. The molecule has 1 aromatic carbocycles. The Hall–Kier alpha value is -2.21. The van der Waals surface area contributed by atoms with Gasteiger partial charge in [0, 0.05) is 12.7 Å². The normalized spacial score (nSPS) is 10.4. The van der Waals surface area contributed by atoms with Crippen molar-refractivity contribution in [3.8, 4) is 22.9 Å². The molecule has 2 rings (SSSR count). The average molecular weight is 275 g/mol. The number of ether oxygens (including phenoxy) is 2. The van der Waals surface area contributed by atoms with Crippen LogP contribution < -0.4 is 4.74 Å². The molecule has 1 aromatic heterocycles. The molecule has 0 unspecified atom stereocenters. The van der Waals surface area contributed by atoms with Gasteiger partial charge in [-0.1, -0.05) is 6.92 Å². The molecule has 0 aliphatic heterocycles. The van der Waals surface area contributed by atoms with Gasteiger partial charge >= 0.3 is 0 Å². The zero-order valence-corrected chi connectivity index (χ0v) is 11.3. The van der Waals surface area contributed by atoms with Crippen molar-refractivity contribution in [3.63, 3.8) is 0 Å². The van der Waals surface area contributed by atoms with Crippen molar-refractivity contribution in [2.45, 2.75) is 13.3 Å². The number of phenols is 1. The summed E-state index contributed by atoms with van der Waals surface area (Å²) in [6.45, 7) is 3.76. The van der Waals surface area contributed by atoms with Crippen LogP contribution in [0.3, 0.4) is 0 Å². The third-order valence-corrected chi connectivity index (χ3v) is 2.55. The number of nitrogens with zero attached hydrogens (tertiary/aromatic N) is 3. The molecule has 0 atom stereocenters. The number of benzene rings is 1. The van der Waals surface area contributed by atoms with E-state index in [1.807, 2.05) is 0 Å². The van der Waals surface area contributed by atoms with Gasteiger partial charge in [0.05, 0.1) is 12.2 Å². The van der Waals surface area contributed by atoms with Crippen molar-refractivity contribution in [1.82, 2.24) is 15.0 Å². The van der Waals surface area contributed by atoms with Crippen molar-refractivity contribution in [2.24, 2.45) is 0 Å². The van der Waals surface area contributed by atoms with Gasteiger partial charge in [-0.3, -0.25) is 0 Å². The van der Waals surface area contributed by atoms with Crippen molar-refractivity contribution in [1.29, 1.82) is 0 Å². The highest BCUT2D eigenvalue weighted by atomic mass is 16.5. The van der Waals surface area contributed by atoms with E-state index in [9.17, 15) is 5.11 Å². The molecule has 0 bridgehead atoms. The zero-order valence-electron chi connectivity index (χ0n) is 11.3. The Morgan fingerprint density at radius 3 is 2.60 bits per heavy atom. The van der Waals surface area contributed by atoms with Crippen LogP contribution in [-0.4, -0.2) is 39.9 Å². The van der Waals surface area contributed by atoms with Crippen LogP contribution in [0.2, 0.25) is 0 Å². The minimum Gasteiger partial charge on any atom is -0.507 e. The third kappa shape index (κ3) is 3.89. The molecule has 0 saturated carbocycles. The number of rotatable bonds is 7. The molecule has 0 amide bonds. The summed E-state index contributed by atoms with van der Waals surface area (Å²) in [6, 6.07) is 5.02. The molecule has 0 fully saturated rings. The fourth-order valence-electron chi connectivity index (χ4n) is 1.63. The van der Waals surface area contributed by atoms with Crippen LogP contribution >= 0.6 is 0 Å². The lowest BCUT2D eigenvalue weighted by molar-refractivity contribution is 0.101. The fraction of sp³-hybridized carbons (Fsp3) is 0.357. The molecule has 2 aromatic rings. The zero-order chi connectivity index (χ0) is 14.2. The number of aromatic nitrogens is 3. The standard InChI is InChI=1S/C14H17N3O3/c1-2-5-19-6-7-20-11-3-4-12(13(18)8-11)14-16-9-15-10-17-14/h3-4,8-10,18H,2,5-7H2,1H3. The van der Waals surface area contributed by atoms with Crippen molar-refractivity contribution >= 4 is 0 Å². The van der Waals surface area contributed by atoms with Gasteiger partial charge in [-0.25, -0.2) is 15.0 Å². The number of hydrogen-bond donors (Lipinski definition) is 1. The summed E-state index contributed by atoms with van der Waals surface area (Å²) in [5.74, 6) is 1.08. The SMILES string of the molecule is CCCOCCOc1ccc(-c2ncncn2)c(O)c1. The number of hydrogen-bond acceptors (Lipinski definition) is 6. The second-order valence-electron chi connectivity index (χ2n) is 4.10. The van der Waals surface area contributed by atoms with Crippen LogP contribution in [0.1, 0.15) is 13.3 Å². The van der Waals surface area contributed by atoms with E-state index < -0.39 is 0 Å². The molecule has 6 nitrogen and oxygen atoms in total. The Morgan fingerprint density at radius 1 is 1.10 bits per heavy atom. The van der Waals surface area contributed by atoms with Gasteiger partial charge in [-0.2, -0.15) is 0 Å². The summed E-state index contributed by atoms with van der Waals surface area (Å²) in [5, 5.41) is 9.97. The van der Waals surface area contributed by atoms with Crippen LogP contribution in [0.5, 0.6) is 11.5 Å². The second-order valence-corrected chi connectivity index (χ2v) is 4.10. The van der Waals surface area contributed by atoms with Crippen LogP contribution in [0.15, 0.2) is 30.9 Å². The van der Waals surface area contributed by atoms with E-state index in [1.165, 1.54) is 12.7 Å². The van der Waals surface area contributed by atoms with Gasteiger partial charge in [-0.15, -0.1) is 0 Å². The van der Waals surface area contributed by atoms with E-state index in [-0.39, 0.29) is 5.75 Å². The Labute approximate surface area is 117 Å². The van der Waals surface area contributed by atoms with Gasteiger partial charge in [0.2, 0.25) is 0 Å². The summed E-state index contributed by atoms with van der Waals surface area (Å²) < 4.78 is 10.8. The molecule has 1 heterocycles. The topological polar surface area (TPSA) is 77.4 Å². The third-order valence-electron chi connectivity index (χ3n) is 2.55. The van der Waals surface area contributed by atoms with Crippen LogP contribution in [-0.2, 0) is 4.74 Å². The summed E-state index contributed by atoms with van der Waals surface area (Å²) >= 11 is 0. The lowest BCUT2D eigenvalue weighted by Gasteiger charge is -2.08. The molecule has 0 radical (unpaired) electrons. The van der Waals surface area contributed by atoms with E-state index in [0.29, 0.717) is 30.4 Å². The van der Waals surface area contributed by atoms with Crippen molar-refractivity contribution in [2.75, 3.05) is 19.8 Å². The highest BCUT2D eigenvalue weighted by Gasteiger charge is 2.08. The maximum Gasteiger partial charge on any atom is 0.166 e. The quantitative estimate of drug-likeness (QED) is 0.779. The second kappa shape index (κ2) is 7.40. The Morgan fingerprint density at radius 2 is 1.90 bits per heavy atom. The minimum absolute atomic E-state index is 0.0724. The van der Waals surface area contributed by atoms with E-state index in [1.54, 1.807) is 18.2 Å². The van der Waals surface area contributed by atoms with Crippen LogP contribution in [0.4, 0.5) is 0 Å². The summed E-state index contributed by atoms with van der Waals surface area (Å²) in [6.07, 6.45) is 3.76. The molecule has 0 saturated heterocycles. The van der Waals surface area contributed by atoms with Crippen molar-refractivity contribution < 1.29 is 14.6 Å². The first kappa shape index (κ1) is 14.2. The van der Waals surface area contributed by atoms with Gasteiger partial charge in [0.1, 0.15) is 30.8 Å². The highest BCUT2D eigenvalue weighted by Crippen LogP contribution is 2.29. The van der Waals surface area contributed by atoms with Crippen LogP contribution in [0, 0.1) is 0 Å². The maximum absolute atomic E-state index is 9.97. The Balaban J connectivity index is 1.96. The summed E-state index contributed by atoms with van der Waals surface area (Å²) in [7, 11) is 0. The predicted molar refractivity (Wildman–Crippen MR) is 73.5 cm³/mol. The summed E-state index contributed by atoms with van der Waals surface area (Å²) in [4.78, 5) is 11.7. The molecular formula is C14H17N3O3. The first-order valence-corrected chi connectivity index (χ1v) is 6.47. The molecule has 0 spiro atoms. The highest BCUT2D eigenvalue weighted by molar-refractivity contribution is 5.64. The maximum atomic E-state index is 9.97. The Kier molecular flexibility index (Phi) is 5.25. The van der Waals surface area contributed by atoms with E-state index >= 15 is 0 Å². The fourth-order valence-corrected chi connectivity index (χ4v) is 1.63. The van der Waals surface area contributed by atoms with Crippen molar-refractivity contribution in [3.05, 3.63) is 30.9 Å². The number of phenolic OH excluding ortho intramolecular Hbond substituents is 1. The van der Waals surface area contributed by atoms with Gasteiger partial charge in [-0.05, 0) is 18.6 Å². The largest absolute Gasteiger partial charge is 0.507 e. The smallest absolute Gasteiger partial charge is 0.166 e. The molecule has 6 heteroatoms. The minimum atomic E-state index is 0.0724. The average Bonchev–Trinajstić information content (AvgIpc) is 2.48. The molecule has 1 N–H and O–H groups in total. The molecule has 0 aliphatic rings. The van der Waals surface area contributed by atoms with E-state index in [4.69, 9.17) is 9.47 Å². The number of aromatic hydroxyl groups is 1.